The van der Waals surface area contributed by atoms with Crippen molar-refractivity contribution in [3.8, 4) is 34.1 Å². The highest BCUT2D eigenvalue weighted by Crippen LogP contribution is 2.36. The molecule has 1 aliphatic rings. The number of aldehydes is 1. The van der Waals surface area contributed by atoms with Crippen LogP contribution in [0.15, 0.2) is 69.9 Å². The van der Waals surface area contributed by atoms with Crippen LogP contribution in [0.25, 0.3) is 22.1 Å². The van der Waals surface area contributed by atoms with Gasteiger partial charge in [0.2, 0.25) is 5.75 Å². The monoisotopic (exact) mass is 546 g/mol. The van der Waals surface area contributed by atoms with E-state index in [9.17, 15) is 9.59 Å². The van der Waals surface area contributed by atoms with E-state index in [4.69, 9.17) is 23.4 Å². The SMILES string of the molecule is CNc1cc2ccc(OC3CCCNC3)c(OC)c2oc1=O.COc1cccc(-c2cc(C=O)ccc2OC)c1. The van der Waals surface area contributed by atoms with E-state index in [0.29, 0.717) is 28.3 Å². The summed E-state index contributed by atoms with van der Waals surface area (Å²) in [5, 5.41) is 6.91. The molecule has 2 heterocycles. The molecule has 0 saturated carbocycles. The molecule has 1 unspecified atom stereocenters. The number of carbonyl (C=O) groups excluding carboxylic acids is 1. The second-order valence-corrected chi connectivity index (χ2v) is 9.11. The molecule has 0 amide bonds. The highest BCUT2D eigenvalue weighted by molar-refractivity contribution is 5.87. The highest BCUT2D eigenvalue weighted by Gasteiger charge is 2.19. The molecule has 2 N–H and O–H groups in total. The predicted molar refractivity (Wildman–Crippen MR) is 155 cm³/mol. The van der Waals surface area contributed by atoms with E-state index < -0.39 is 5.63 Å². The summed E-state index contributed by atoms with van der Waals surface area (Å²) in [5.41, 5.74) is 2.85. The van der Waals surface area contributed by atoms with Crippen molar-refractivity contribution in [3.05, 3.63) is 76.6 Å². The molecular weight excluding hydrogens is 512 g/mol. The Balaban J connectivity index is 0.000000189. The smallest absolute Gasteiger partial charge is 0.359 e. The minimum Gasteiger partial charge on any atom is -0.497 e. The van der Waals surface area contributed by atoms with E-state index in [1.807, 2.05) is 36.4 Å². The molecule has 9 nitrogen and oxygen atoms in total. The van der Waals surface area contributed by atoms with Gasteiger partial charge in [-0.3, -0.25) is 4.79 Å². The van der Waals surface area contributed by atoms with Crippen LogP contribution < -0.4 is 35.2 Å². The number of fused-ring (bicyclic) bond motifs is 1. The van der Waals surface area contributed by atoms with Gasteiger partial charge in [0, 0.05) is 30.1 Å². The first kappa shape index (κ1) is 28.5. The zero-order valence-electron chi connectivity index (χ0n) is 23.1. The van der Waals surface area contributed by atoms with Crippen LogP contribution in [0.2, 0.25) is 0 Å². The summed E-state index contributed by atoms with van der Waals surface area (Å²) in [7, 11) is 6.47. The quantitative estimate of drug-likeness (QED) is 0.229. The second-order valence-electron chi connectivity index (χ2n) is 9.11. The average Bonchev–Trinajstić information content (AvgIpc) is 3.01. The highest BCUT2D eigenvalue weighted by atomic mass is 16.5. The van der Waals surface area contributed by atoms with Gasteiger partial charge in [0.1, 0.15) is 29.6 Å². The number of benzene rings is 3. The number of carbonyl (C=O) groups is 1. The minimum absolute atomic E-state index is 0.100. The number of rotatable bonds is 8. The number of nitrogens with one attached hydrogen (secondary N) is 2. The fraction of sp³-hybridized carbons (Fsp3) is 0.290. The van der Waals surface area contributed by atoms with Crippen LogP contribution in [0.4, 0.5) is 5.69 Å². The van der Waals surface area contributed by atoms with Gasteiger partial charge in [-0.1, -0.05) is 12.1 Å². The van der Waals surface area contributed by atoms with Crippen LogP contribution in [0.3, 0.4) is 0 Å². The minimum atomic E-state index is -0.426. The molecule has 1 fully saturated rings. The maximum absolute atomic E-state index is 11.9. The Morgan fingerprint density at radius 1 is 0.975 bits per heavy atom. The molecule has 3 aromatic carbocycles. The third kappa shape index (κ3) is 6.55. The largest absolute Gasteiger partial charge is 0.497 e. The van der Waals surface area contributed by atoms with Crippen molar-refractivity contribution >= 4 is 22.9 Å². The van der Waals surface area contributed by atoms with Crippen molar-refractivity contribution in [3.63, 3.8) is 0 Å². The lowest BCUT2D eigenvalue weighted by atomic mass is 10.0. The lowest BCUT2D eigenvalue weighted by Gasteiger charge is -2.24. The lowest BCUT2D eigenvalue weighted by Crippen LogP contribution is -2.37. The molecule has 0 spiro atoms. The van der Waals surface area contributed by atoms with Crippen molar-refractivity contribution in [1.29, 1.82) is 0 Å². The third-order valence-electron chi connectivity index (χ3n) is 6.58. The molecular formula is C31H34N2O7. The van der Waals surface area contributed by atoms with Crippen molar-refractivity contribution in [1.82, 2.24) is 5.32 Å². The summed E-state index contributed by atoms with van der Waals surface area (Å²) in [5.74, 6) is 2.56. The molecule has 5 rings (SSSR count). The van der Waals surface area contributed by atoms with Gasteiger partial charge in [-0.25, -0.2) is 4.79 Å². The Morgan fingerprint density at radius 3 is 2.48 bits per heavy atom. The van der Waals surface area contributed by atoms with Crippen molar-refractivity contribution in [2.75, 3.05) is 46.8 Å². The van der Waals surface area contributed by atoms with Gasteiger partial charge in [-0.2, -0.15) is 0 Å². The van der Waals surface area contributed by atoms with E-state index in [1.165, 1.54) is 0 Å². The molecule has 0 aliphatic carbocycles. The number of hydrogen-bond donors (Lipinski definition) is 2. The Hall–Kier alpha value is -4.50. The van der Waals surface area contributed by atoms with E-state index in [-0.39, 0.29) is 6.10 Å². The summed E-state index contributed by atoms with van der Waals surface area (Å²) in [6.07, 6.45) is 3.00. The molecule has 40 heavy (non-hydrogen) atoms. The average molecular weight is 547 g/mol. The van der Waals surface area contributed by atoms with Crippen LogP contribution in [0.5, 0.6) is 23.0 Å². The van der Waals surface area contributed by atoms with Gasteiger partial charge in [0.25, 0.3) is 0 Å². The van der Waals surface area contributed by atoms with Gasteiger partial charge in [-0.15, -0.1) is 0 Å². The number of methoxy groups -OCH3 is 3. The number of piperidine rings is 1. The van der Waals surface area contributed by atoms with Crippen LogP contribution >= 0.6 is 0 Å². The van der Waals surface area contributed by atoms with E-state index in [0.717, 1.165) is 60.2 Å². The van der Waals surface area contributed by atoms with Crippen molar-refractivity contribution < 1.29 is 28.2 Å². The van der Waals surface area contributed by atoms with Crippen LogP contribution in [-0.2, 0) is 0 Å². The fourth-order valence-electron chi connectivity index (χ4n) is 4.52. The first-order valence-electron chi connectivity index (χ1n) is 13.0. The molecule has 1 atom stereocenters. The number of hydrogen-bond acceptors (Lipinski definition) is 9. The van der Waals surface area contributed by atoms with Gasteiger partial charge in [0.05, 0.1) is 21.3 Å². The predicted octanol–water partition coefficient (Wildman–Crippen LogP) is 5.16. The van der Waals surface area contributed by atoms with Crippen LogP contribution in [0.1, 0.15) is 23.2 Å². The molecule has 9 heteroatoms. The number of ether oxygens (including phenoxy) is 4. The van der Waals surface area contributed by atoms with E-state index in [1.54, 1.807) is 52.6 Å². The summed E-state index contributed by atoms with van der Waals surface area (Å²) in [4.78, 5) is 22.7. The number of anilines is 1. The van der Waals surface area contributed by atoms with Crippen molar-refractivity contribution in [2.45, 2.75) is 18.9 Å². The second kappa shape index (κ2) is 13.5. The van der Waals surface area contributed by atoms with Gasteiger partial charge in [-0.05, 0) is 73.5 Å². The summed E-state index contributed by atoms with van der Waals surface area (Å²) in [6, 6.07) is 18.4. The molecule has 0 bridgehead atoms. The maximum Gasteiger partial charge on any atom is 0.359 e. The zero-order valence-corrected chi connectivity index (χ0v) is 23.1. The first-order valence-corrected chi connectivity index (χ1v) is 13.0. The van der Waals surface area contributed by atoms with E-state index in [2.05, 4.69) is 10.6 Å². The molecule has 4 aromatic rings. The topological polar surface area (TPSA) is 108 Å². The Bertz CT molecular complexity index is 1510. The van der Waals surface area contributed by atoms with Gasteiger partial charge < -0.3 is 34.0 Å². The lowest BCUT2D eigenvalue weighted by molar-refractivity contribution is 0.112. The Morgan fingerprint density at radius 2 is 1.80 bits per heavy atom. The summed E-state index contributed by atoms with van der Waals surface area (Å²) in [6.45, 7) is 1.83. The third-order valence-corrected chi connectivity index (χ3v) is 6.58. The van der Waals surface area contributed by atoms with Gasteiger partial charge in [0.15, 0.2) is 11.3 Å². The maximum atomic E-state index is 11.9. The summed E-state index contributed by atoms with van der Waals surface area (Å²) >= 11 is 0. The van der Waals surface area contributed by atoms with Crippen molar-refractivity contribution in [2.24, 2.45) is 0 Å². The van der Waals surface area contributed by atoms with E-state index >= 15 is 0 Å². The molecule has 1 saturated heterocycles. The molecule has 1 aromatic heterocycles. The Labute approximate surface area is 233 Å². The van der Waals surface area contributed by atoms with Gasteiger partial charge >= 0.3 is 5.63 Å². The summed E-state index contributed by atoms with van der Waals surface area (Å²) < 4.78 is 27.4. The van der Waals surface area contributed by atoms with Crippen LogP contribution in [-0.4, -0.2) is 53.9 Å². The zero-order chi connectivity index (χ0) is 28.5. The van der Waals surface area contributed by atoms with Crippen LogP contribution in [0, 0.1) is 0 Å². The molecule has 1 aliphatic heterocycles. The fourth-order valence-corrected chi connectivity index (χ4v) is 4.52. The normalized spacial score (nSPS) is 14.4. The standard InChI is InChI=1S/C16H20N2O4.C15H14O3/c1-17-12-8-10-5-6-13(21-11-4-3-7-18-9-11)15(20-2)14(10)22-16(12)19;1-17-13-5-3-4-12(9-13)14-8-11(10-16)6-7-15(14)18-2/h5-6,8,11,17-18H,3-4,7,9H2,1-2H3;3-10H,1-2H3. The first-order chi connectivity index (χ1) is 19.5. The Kier molecular flexibility index (Phi) is 9.64. The molecule has 210 valence electrons. The molecule has 0 radical (unpaired) electrons.